The van der Waals surface area contributed by atoms with Crippen LogP contribution in [0.4, 0.5) is 0 Å². The fourth-order valence-electron chi connectivity index (χ4n) is 1.84. The van der Waals surface area contributed by atoms with Crippen molar-refractivity contribution in [2.24, 2.45) is 10.8 Å². The molecule has 0 saturated heterocycles. The summed E-state index contributed by atoms with van der Waals surface area (Å²) < 4.78 is 0. The van der Waals surface area contributed by atoms with E-state index < -0.39 is 0 Å². The van der Waals surface area contributed by atoms with Crippen molar-refractivity contribution in [2.45, 2.75) is 54.4 Å². The molecule has 0 atom stereocenters. The maximum atomic E-state index is 3.30. The van der Waals surface area contributed by atoms with E-state index in [-0.39, 0.29) is 76.5 Å². The smallest absolute Gasteiger partial charge is 0 e. The van der Waals surface area contributed by atoms with Crippen molar-refractivity contribution in [1.82, 2.24) is 0 Å². The summed E-state index contributed by atoms with van der Waals surface area (Å²) in [6, 6.07) is 0. The van der Waals surface area contributed by atoms with Gasteiger partial charge in [-0.3, -0.25) is 12.2 Å². The fourth-order valence-corrected chi connectivity index (χ4v) is 1.84. The average molecular weight is 553 g/mol. The van der Waals surface area contributed by atoms with E-state index >= 15 is 0 Å². The van der Waals surface area contributed by atoms with Crippen molar-refractivity contribution in [3.8, 4) is 0 Å². The minimum absolute atomic E-state index is 0. The zero-order valence-corrected chi connectivity index (χ0v) is 24.1. The van der Waals surface area contributed by atoms with Crippen LogP contribution in [0.5, 0.6) is 0 Å². The third-order valence-corrected chi connectivity index (χ3v) is 3.01. The number of hydrogen-bond acceptors (Lipinski definition) is 0. The number of halogens is 2. The first-order valence-electron chi connectivity index (χ1n) is 6.77. The van der Waals surface area contributed by atoms with Crippen LogP contribution in [0.1, 0.15) is 54.4 Å². The first-order valence-corrected chi connectivity index (χ1v) is 6.77. The normalized spacial score (nSPS) is 13.8. The van der Waals surface area contributed by atoms with E-state index in [1.54, 1.807) is 0 Å². The van der Waals surface area contributed by atoms with E-state index in [2.05, 4.69) is 78.0 Å². The molecule has 0 unspecified atom stereocenters. The van der Waals surface area contributed by atoms with Crippen LogP contribution in [0.2, 0.25) is 0 Å². The molecule has 0 aromatic heterocycles. The molecule has 2 aliphatic rings. The zero-order chi connectivity index (χ0) is 13.8. The molecule has 0 saturated carbocycles. The van der Waals surface area contributed by atoms with Gasteiger partial charge in [-0.25, -0.2) is 23.3 Å². The van der Waals surface area contributed by atoms with Crippen LogP contribution in [0.3, 0.4) is 0 Å². The van der Waals surface area contributed by atoms with E-state index in [4.69, 9.17) is 0 Å². The topological polar surface area (TPSA) is 0 Å². The second kappa shape index (κ2) is 17.1. The molecule has 4 heteroatoms. The minimum Gasteiger partial charge on any atom is -1.00 e. The van der Waals surface area contributed by atoms with E-state index in [0.717, 1.165) is 12.8 Å². The van der Waals surface area contributed by atoms with Gasteiger partial charge in [0, 0.05) is 25.8 Å². The van der Waals surface area contributed by atoms with Gasteiger partial charge in [0.25, 0.3) is 0 Å². The summed E-state index contributed by atoms with van der Waals surface area (Å²) in [5, 5.41) is 0. The molecule has 1 radical (unpaired) electrons. The SMILES string of the molecule is CC(C)(C)C1=[C-]CC=C1.CC(C)(C)C1=[C-]CC=C1.[CH3-].[CH3-].[Cl-].[Cl-].[Hf].[SiH3]. The molecule has 0 bridgehead atoms. The minimum atomic E-state index is 0. The van der Waals surface area contributed by atoms with Gasteiger partial charge in [0.15, 0.2) is 0 Å². The van der Waals surface area contributed by atoms with Gasteiger partial charge in [0.05, 0.1) is 0 Å². The molecule has 0 aliphatic heterocycles. The molecule has 0 N–H and O–H groups in total. The van der Waals surface area contributed by atoms with Crippen molar-refractivity contribution in [3.63, 3.8) is 0 Å². The molecule has 0 aromatic carbocycles. The van der Waals surface area contributed by atoms with Crippen molar-refractivity contribution < 1.29 is 50.7 Å². The second-order valence-corrected chi connectivity index (χ2v) is 6.89. The summed E-state index contributed by atoms with van der Waals surface area (Å²) in [5.41, 5.74) is 3.30. The van der Waals surface area contributed by atoms with Gasteiger partial charge >= 0.3 is 0 Å². The van der Waals surface area contributed by atoms with Crippen LogP contribution in [0.15, 0.2) is 35.5 Å². The average Bonchev–Trinajstić information content (AvgIpc) is 2.91. The van der Waals surface area contributed by atoms with Crippen LogP contribution in [-0.2, 0) is 25.8 Å². The van der Waals surface area contributed by atoms with E-state index in [9.17, 15) is 0 Å². The van der Waals surface area contributed by atoms with Crippen molar-refractivity contribution >= 4 is 11.0 Å². The summed E-state index contributed by atoms with van der Waals surface area (Å²) in [7, 11) is 0. The Kier molecular flexibility index (Phi) is 28.2. The quantitative estimate of drug-likeness (QED) is 0.272. The van der Waals surface area contributed by atoms with Gasteiger partial charge in [0.1, 0.15) is 0 Å². The third-order valence-electron chi connectivity index (χ3n) is 3.01. The maximum Gasteiger partial charge on any atom is 0 e. The van der Waals surface area contributed by atoms with Gasteiger partial charge in [0.2, 0.25) is 0 Å². The standard InChI is InChI=1S/2C9H13.2CH3.2ClH.Hf.H3Si/c2*1-9(2,3)8-6-4-5-7-8;;;;;;/h2*4,6H,5H2,1-3H3;2*1H3;2*1H;;1H3/q4*-1;;;;/p-2. The number of allylic oxidation sites excluding steroid dienone is 8. The van der Waals surface area contributed by atoms with Gasteiger partial charge in [-0.05, 0) is 21.8 Å². The molecule has 0 fully saturated rings. The van der Waals surface area contributed by atoms with Crippen LogP contribution in [0.25, 0.3) is 0 Å². The maximum absolute atomic E-state index is 3.30. The molecule has 0 aromatic rings. The Balaban J connectivity index is -0.0000000540. The van der Waals surface area contributed by atoms with Gasteiger partial charge in [-0.1, -0.05) is 41.5 Å². The summed E-state index contributed by atoms with van der Waals surface area (Å²) >= 11 is 0. The van der Waals surface area contributed by atoms with E-state index in [1.165, 1.54) is 11.1 Å². The Morgan fingerprint density at radius 3 is 1.04 bits per heavy atom. The van der Waals surface area contributed by atoms with Gasteiger partial charge in [-0.2, -0.15) is 12.2 Å². The first kappa shape index (κ1) is 39.6. The van der Waals surface area contributed by atoms with Crippen molar-refractivity contribution in [1.29, 1.82) is 0 Å². The Labute approximate surface area is 188 Å². The van der Waals surface area contributed by atoms with Gasteiger partial charge < -0.3 is 39.7 Å². The van der Waals surface area contributed by atoms with Crippen LogP contribution < -0.4 is 24.8 Å². The number of hydrogen-bond donors (Lipinski definition) is 0. The monoisotopic (exact) mass is 553 g/mol. The van der Waals surface area contributed by atoms with Crippen LogP contribution in [-0.4, -0.2) is 11.0 Å². The van der Waals surface area contributed by atoms with E-state index in [1.807, 2.05) is 0 Å². The molecule has 2 aliphatic carbocycles. The summed E-state index contributed by atoms with van der Waals surface area (Å²) in [5.74, 6) is 0. The predicted octanol–water partition coefficient (Wildman–Crippen LogP) is -0.834. The van der Waals surface area contributed by atoms with Crippen molar-refractivity contribution in [3.05, 3.63) is 62.5 Å². The summed E-state index contributed by atoms with van der Waals surface area (Å²) in [4.78, 5) is 0. The molecule has 0 heterocycles. The fraction of sp³-hybridized carbons (Fsp3) is 0.500. The molecular weight excluding hydrogens is 518 g/mol. The Morgan fingerprint density at radius 2 is 0.958 bits per heavy atom. The second-order valence-electron chi connectivity index (χ2n) is 6.89. The molecule has 2 rings (SSSR count). The molecule has 0 amide bonds. The van der Waals surface area contributed by atoms with Crippen LogP contribution in [0, 0.1) is 37.8 Å². The largest absolute Gasteiger partial charge is 1.00 e. The molecule has 143 valence electrons. The number of rotatable bonds is 0. The molecule has 0 nitrogen and oxygen atoms in total. The Morgan fingerprint density at radius 1 is 0.708 bits per heavy atom. The Bertz CT molecular complexity index is 368. The summed E-state index contributed by atoms with van der Waals surface area (Å²) in [6.07, 6.45) is 17.3. The van der Waals surface area contributed by atoms with E-state index in [0.29, 0.717) is 10.8 Å². The predicted molar refractivity (Wildman–Crippen MR) is 103 cm³/mol. The van der Waals surface area contributed by atoms with Crippen molar-refractivity contribution in [2.75, 3.05) is 0 Å². The molecule has 24 heavy (non-hydrogen) atoms. The third kappa shape index (κ3) is 14.9. The first-order chi connectivity index (χ1) is 8.21. The molecular formula is C20H35Cl2HfSi-6. The zero-order valence-electron chi connectivity index (χ0n) is 17.0. The van der Waals surface area contributed by atoms with Crippen LogP contribution >= 0.6 is 0 Å². The summed E-state index contributed by atoms with van der Waals surface area (Å²) in [6.45, 7) is 13.3. The van der Waals surface area contributed by atoms with Gasteiger partial charge in [-0.15, -0.1) is 12.8 Å². The Hall–Kier alpha value is 0.627. The molecule has 0 spiro atoms.